The molecule has 0 spiro atoms. The summed E-state index contributed by atoms with van der Waals surface area (Å²) in [6.45, 7) is 2.38. The number of aromatic nitrogens is 1. The molecule has 0 fully saturated rings. The zero-order valence-corrected chi connectivity index (χ0v) is 10.6. The number of para-hydroxylation sites is 1. The number of ether oxygens (including phenoxy) is 1. The van der Waals surface area contributed by atoms with Gasteiger partial charge in [0.15, 0.2) is 11.6 Å². The number of H-pyrrole nitrogens is 1. The second kappa shape index (κ2) is 4.76. The number of aryl methyl sites for hydroxylation is 1. The first-order valence-electron chi connectivity index (χ1n) is 6.18. The van der Waals surface area contributed by atoms with E-state index in [2.05, 4.69) is 30.1 Å². The van der Waals surface area contributed by atoms with E-state index in [4.69, 9.17) is 4.74 Å². The Balaban J connectivity index is 1.80. The zero-order chi connectivity index (χ0) is 13.2. The van der Waals surface area contributed by atoms with Gasteiger partial charge in [0.1, 0.15) is 6.61 Å². The molecular weight excluding hydrogens is 241 g/mol. The van der Waals surface area contributed by atoms with Crippen LogP contribution in [-0.4, -0.2) is 4.98 Å². The van der Waals surface area contributed by atoms with Crippen LogP contribution >= 0.6 is 0 Å². The van der Waals surface area contributed by atoms with Gasteiger partial charge >= 0.3 is 0 Å². The van der Waals surface area contributed by atoms with Gasteiger partial charge in [0.2, 0.25) is 0 Å². The largest absolute Gasteiger partial charge is 0.484 e. The fraction of sp³-hybridized carbons (Fsp3) is 0.125. The normalized spacial score (nSPS) is 10.8. The molecule has 0 unspecified atom stereocenters. The van der Waals surface area contributed by atoms with Gasteiger partial charge in [0.25, 0.3) is 0 Å². The lowest BCUT2D eigenvalue weighted by molar-refractivity contribution is 0.287. The van der Waals surface area contributed by atoms with Crippen LogP contribution in [0.4, 0.5) is 4.39 Å². The van der Waals surface area contributed by atoms with Crippen LogP contribution in [0.1, 0.15) is 11.3 Å². The second-order valence-electron chi connectivity index (χ2n) is 4.60. The molecule has 3 rings (SSSR count). The third-order valence-electron chi connectivity index (χ3n) is 3.05. The summed E-state index contributed by atoms with van der Waals surface area (Å²) in [5, 5.41) is 1.14. The summed E-state index contributed by atoms with van der Waals surface area (Å²) in [6, 6.07) is 14.7. The highest BCUT2D eigenvalue weighted by Crippen LogP contribution is 2.20. The van der Waals surface area contributed by atoms with E-state index in [1.165, 1.54) is 11.6 Å². The first-order chi connectivity index (χ1) is 9.22. The summed E-state index contributed by atoms with van der Waals surface area (Å²) in [7, 11) is 0. The molecule has 1 N–H and O–H groups in total. The topological polar surface area (TPSA) is 25.0 Å². The van der Waals surface area contributed by atoms with E-state index in [0.29, 0.717) is 6.61 Å². The van der Waals surface area contributed by atoms with Gasteiger partial charge in [-0.25, -0.2) is 4.39 Å². The molecule has 0 amide bonds. The lowest BCUT2D eigenvalue weighted by atomic mass is 10.2. The van der Waals surface area contributed by atoms with Crippen molar-refractivity contribution in [1.82, 2.24) is 4.98 Å². The third kappa shape index (κ3) is 2.45. The van der Waals surface area contributed by atoms with E-state index in [9.17, 15) is 4.39 Å². The maximum absolute atomic E-state index is 13.4. The number of benzene rings is 2. The predicted molar refractivity (Wildman–Crippen MR) is 73.8 cm³/mol. The fourth-order valence-corrected chi connectivity index (χ4v) is 2.10. The van der Waals surface area contributed by atoms with Crippen molar-refractivity contribution >= 4 is 10.9 Å². The summed E-state index contributed by atoms with van der Waals surface area (Å²) >= 11 is 0. The number of fused-ring (bicyclic) bond motifs is 1. The molecular formula is C16H14FNO. The van der Waals surface area contributed by atoms with Crippen molar-refractivity contribution in [3.05, 3.63) is 65.6 Å². The molecule has 96 valence electrons. The van der Waals surface area contributed by atoms with Gasteiger partial charge in [-0.05, 0) is 42.1 Å². The van der Waals surface area contributed by atoms with Crippen molar-refractivity contribution in [2.75, 3.05) is 0 Å². The number of hydrogen-bond donors (Lipinski definition) is 1. The molecule has 0 radical (unpaired) electrons. The van der Waals surface area contributed by atoms with E-state index in [0.717, 1.165) is 16.6 Å². The smallest absolute Gasteiger partial charge is 0.165 e. The highest BCUT2D eigenvalue weighted by molar-refractivity contribution is 5.80. The van der Waals surface area contributed by atoms with Crippen molar-refractivity contribution in [3.63, 3.8) is 0 Å². The van der Waals surface area contributed by atoms with Crippen molar-refractivity contribution in [1.29, 1.82) is 0 Å². The molecule has 1 aromatic heterocycles. The average molecular weight is 255 g/mol. The van der Waals surface area contributed by atoms with Crippen molar-refractivity contribution < 1.29 is 9.13 Å². The maximum atomic E-state index is 13.4. The van der Waals surface area contributed by atoms with Gasteiger partial charge in [-0.1, -0.05) is 24.3 Å². The maximum Gasteiger partial charge on any atom is 0.165 e. The minimum absolute atomic E-state index is 0.275. The Morgan fingerprint density at radius 3 is 2.79 bits per heavy atom. The first kappa shape index (κ1) is 11.8. The molecule has 0 aliphatic rings. The standard InChI is InChI=1S/C16H14FNO/c1-11-6-7-12-9-13(18-15(12)8-11)10-19-16-5-3-2-4-14(16)17/h2-9,18H,10H2,1H3. The molecule has 2 aromatic carbocycles. The fourth-order valence-electron chi connectivity index (χ4n) is 2.10. The summed E-state index contributed by atoms with van der Waals surface area (Å²) in [5.74, 6) is -0.0632. The highest BCUT2D eigenvalue weighted by atomic mass is 19.1. The quantitative estimate of drug-likeness (QED) is 0.745. The predicted octanol–water partition coefficient (Wildman–Crippen LogP) is 4.19. The van der Waals surface area contributed by atoms with Crippen LogP contribution in [0.15, 0.2) is 48.5 Å². The molecule has 3 aromatic rings. The number of halogens is 1. The molecule has 0 atom stereocenters. The molecule has 0 saturated heterocycles. The Kier molecular flexibility index (Phi) is 2.95. The van der Waals surface area contributed by atoms with Crippen molar-refractivity contribution in [2.24, 2.45) is 0 Å². The van der Waals surface area contributed by atoms with E-state index in [1.807, 2.05) is 6.07 Å². The van der Waals surface area contributed by atoms with Crippen molar-refractivity contribution in [3.8, 4) is 5.75 Å². The lowest BCUT2D eigenvalue weighted by Crippen LogP contribution is -1.97. The number of aromatic amines is 1. The van der Waals surface area contributed by atoms with Gasteiger partial charge in [0.05, 0.1) is 5.69 Å². The van der Waals surface area contributed by atoms with Crippen molar-refractivity contribution in [2.45, 2.75) is 13.5 Å². The molecule has 1 heterocycles. The summed E-state index contributed by atoms with van der Waals surface area (Å²) in [5.41, 5.74) is 3.21. The molecule has 19 heavy (non-hydrogen) atoms. The Hall–Kier alpha value is -2.29. The van der Waals surface area contributed by atoms with Gasteiger partial charge in [0, 0.05) is 5.52 Å². The van der Waals surface area contributed by atoms with Crippen LogP contribution in [0.3, 0.4) is 0 Å². The number of rotatable bonds is 3. The highest BCUT2D eigenvalue weighted by Gasteiger charge is 2.04. The van der Waals surface area contributed by atoms with E-state index >= 15 is 0 Å². The Labute approximate surface area is 110 Å². The molecule has 0 aliphatic heterocycles. The van der Waals surface area contributed by atoms with Gasteiger partial charge < -0.3 is 9.72 Å². The van der Waals surface area contributed by atoms with Crippen LogP contribution in [0, 0.1) is 12.7 Å². The Morgan fingerprint density at radius 2 is 1.95 bits per heavy atom. The molecule has 0 bridgehead atoms. The van der Waals surface area contributed by atoms with Crippen LogP contribution < -0.4 is 4.74 Å². The van der Waals surface area contributed by atoms with Crippen LogP contribution in [0.5, 0.6) is 5.75 Å². The first-order valence-corrected chi connectivity index (χ1v) is 6.18. The lowest BCUT2D eigenvalue weighted by Gasteiger charge is -2.05. The van der Waals surface area contributed by atoms with Gasteiger partial charge in [-0.15, -0.1) is 0 Å². The van der Waals surface area contributed by atoms with Crippen LogP contribution in [-0.2, 0) is 6.61 Å². The number of nitrogens with one attached hydrogen (secondary N) is 1. The van der Waals surface area contributed by atoms with Crippen LogP contribution in [0.25, 0.3) is 10.9 Å². The Bertz CT molecular complexity index is 718. The average Bonchev–Trinajstić information content (AvgIpc) is 2.79. The molecule has 0 saturated carbocycles. The minimum atomic E-state index is -0.338. The van der Waals surface area contributed by atoms with E-state index < -0.39 is 0 Å². The van der Waals surface area contributed by atoms with E-state index in [1.54, 1.807) is 18.2 Å². The molecule has 0 aliphatic carbocycles. The number of hydrogen-bond acceptors (Lipinski definition) is 1. The van der Waals surface area contributed by atoms with Crippen LogP contribution in [0.2, 0.25) is 0 Å². The zero-order valence-electron chi connectivity index (χ0n) is 10.6. The summed E-state index contributed by atoms with van der Waals surface area (Å²) in [6.07, 6.45) is 0. The van der Waals surface area contributed by atoms with E-state index in [-0.39, 0.29) is 11.6 Å². The van der Waals surface area contributed by atoms with Gasteiger partial charge in [-0.2, -0.15) is 0 Å². The molecule has 3 heteroatoms. The monoisotopic (exact) mass is 255 g/mol. The second-order valence-corrected chi connectivity index (χ2v) is 4.60. The Morgan fingerprint density at radius 1 is 1.11 bits per heavy atom. The van der Waals surface area contributed by atoms with Gasteiger partial charge in [-0.3, -0.25) is 0 Å². The summed E-state index contributed by atoms with van der Waals surface area (Å²) in [4.78, 5) is 3.28. The SMILES string of the molecule is Cc1ccc2cc(COc3ccccc3F)[nH]c2c1. The molecule has 2 nitrogen and oxygen atoms in total. The summed E-state index contributed by atoms with van der Waals surface area (Å²) < 4.78 is 18.9. The minimum Gasteiger partial charge on any atom is -0.484 e. The third-order valence-corrected chi connectivity index (χ3v) is 3.05.